The van der Waals surface area contributed by atoms with E-state index in [1.165, 1.54) is 22.5 Å². The number of furan rings is 1. The molecule has 1 aliphatic rings. The molecular weight excluding hydrogens is 371 g/mol. The van der Waals surface area contributed by atoms with Gasteiger partial charge in [0.15, 0.2) is 0 Å². The van der Waals surface area contributed by atoms with Crippen LogP contribution in [0.4, 0.5) is 4.39 Å². The Morgan fingerprint density at radius 2 is 2.00 bits per heavy atom. The normalized spacial score (nSPS) is 16.3. The van der Waals surface area contributed by atoms with E-state index in [4.69, 9.17) is 4.42 Å². The largest absolute Gasteiger partial charge is 0.467 e. The van der Waals surface area contributed by atoms with Crippen LogP contribution in [-0.4, -0.2) is 31.7 Å². The van der Waals surface area contributed by atoms with Crippen molar-refractivity contribution < 1.29 is 22.0 Å². The number of hydrogen-bond acceptors (Lipinski definition) is 4. The number of carbonyl (C=O) groups excluding carboxylic acids is 1. The fourth-order valence-corrected chi connectivity index (χ4v) is 4.74. The number of carbonyl (C=O) groups is 1. The zero-order valence-corrected chi connectivity index (χ0v) is 15.8. The number of hydrogen-bond donors (Lipinski definition) is 1. The van der Waals surface area contributed by atoms with E-state index >= 15 is 0 Å². The lowest BCUT2D eigenvalue weighted by Gasteiger charge is -2.31. The lowest BCUT2D eigenvalue weighted by atomic mass is 9.93. The fourth-order valence-electron chi connectivity index (χ4n) is 3.24. The molecule has 1 aromatic heterocycles. The summed E-state index contributed by atoms with van der Waals surface area (Å²) in [6.07, 6.45) is 4.08. The molecule has 1 fully saturated rings. The Hall–Kier alpha value is -2.19. The third-order valence-electron chi connectivity index (χ3n) is 4.83. The van der Waals surface area contributed by atoms with Crippen LogP contribution in [0.15, 0.2) is 52.0 Å². The van der Waals surface area contributed by atoms with Gasteiger partial charge in [-0.25, -0.2) is 12.8 Å². The van der Waals surface area contributed by atoms with Crippen LogP contribution in [0.25, 0.3) is 0 Å². The van der Waals surface area contributed by atoms with Crippen molar-refractivity contribution in [3.8, 4) is 0 Å². The third-order valence-corrected chi connectivity index (χ3v) is 6.72. The molecular formula is C19H23FN2O4S. The van der Waals surface area contributed by atoms with Gasteiger partial charge in [0.1, 0.15) is 11.6 Å². The first-order valence-electron chi connectivity index (χ1n) is 9.00. The Balaban J connectivity index is 1.44. The van der Waals surface area contributed by atoms with Crippen LogP contribution in [0.3, 0.4) is 0 Å². The molecule has 0 bridgehead atoms. The number of sulfonamides is 1. The molecule has 0 aliphatic carbocycles. The minimum absolute atomic E-state index is 0.0155. The summed E-state index contributed by atoms with van der Waals surface area (Å²) in [7, 11) is -3.67. The van der Waals surface area contributed by atoms with E-state index in [0.717, 1.165) is 12.5 Å². The molecule has 0 unspecified atom stereocenters. The molecule has 1 aromatic carbocycles. The summed E-state index contributed by atoms with van der Waals surface area (Å²) < 4.78 is 45.1. The molecule has 0 spiro atoms. The predicted octanol–water partition coefficient (Wildman–Crippen LogP) is 2.92. The van der Waals surface area contributed by atoms with Crippen molar-refractivity contribution in [3.05, 3.63) is 54.2 Å². The van der Waals surface area contributed by atoms with Gasteiger partial charge in [-0.15, -0.1) is 0 Å². The van der Waals surface area contributed by atoms with Crippen molar-refractivity contribution >= 4 is 15.9 Å². The summed E-state index contributed by atoms with van der Waals surface area (Å²) in [5, 5.41) is 2.81. The summed E-state index contributed by atoms with van der Waals surface area (Å²) in [4.78, 5) is 11.9. The number of piperidine rings is 1. The maximum Gasteiger partial charge on any atom is 0.243 e. The second-order valence-corrected chi connectivity index (χ2v) is 8.64. The van der Waals surface area contributed by atoms with E-state index in [1.54, 1.807) is 18.4 Å². The van der Waals surface area contributed by atoms with E-state index in [-0.39, 0.29) is 10.8 Å². The lowest BCUT2D eigenvalue weighted by Crippen LogP contribution is -2.38. The zero-order valence-electron chi connectivity index (χ0n) is 14.9. The molecule has 8 heteroatoms. The Morgan fingerprint density at radius 1 is 1.22 bits per heavy atom. The van der Waals surface area contributed by atoms with Gasteiger partial charge in [-0.05, 0) is 55.5 Å². The van der Waals surface area contributed by atoms with Crippen LogP contribution < -0.4 is 5.32 Å². The second kappa shape index (κ2) is 8.67. The van der Waals surface area contributed by atoms with Crippen LogP contribution in [0.5, 0.6) is 0 Å². The molecule has 6 nitrogen and oxygen atoms in total. The van der Waals surface area contributed by atoms with Crippen molar-refractivity contribution in [2.24, 2.45) is 5.92 Å². The van der Waals surface area contributed by atoms with Crippen LogP contribution in [-0.2, 0) is 21.4 Å². The number of rotatable bonds is 7. The van der Waals surface area contributed by atoms with Crippen LogP contribution in [0.2, 0.25) is 0 Å². The fraction of sp³-hybridized carbons (Fsp3) is 0.421. The maximum atomic E-state index is 13.3. The Morgan fingerprint density at radius 3 is 2.67 bits per heavy atom. The highest BCUT2D eigenvalue weighted by atomic mass is 32.2. The van der Waals surface area contributed by atoms with Crippen LogP contribution >= 0.6 is 0 Å². The van der Waals surface area contributed by atoms with Crippen molar-refractivity contribution in [2.45, 2.75) is 37.1 Å². The van der Waals surface area contributed by atoms with E-state index in [0.29, 0.717) is 50.6 Å². The van der Waals surface area contributed by atoms with Crippen molar-refractivity contribution in [1.82, 2.24) is 9.62 Å². The SMILES string of the molecule is O=C(CCC1CCN(S(=O)(=O)c2cccc(F)c2)CC1)NCc1ccco1. The first kappa shape index (κ1) is 19.6. The van der Waals surface area contributed by atoms with Gasteiger partial charge in [0.25, 0.3) is 0 Å². The predicted molar refractivity (Wildman–Crippen MR) is 97.7 cm³/mol. The second-order valence-electron chi connectivity index (χ2n) is 6.70. The van der Waals surface area contributed by atoms with Gasteiger partial charge in [0.2, 0.25) is 15.9 Å². The van der Waals surface area contributed by atoms with Gasteiger partial charge in [-0.3, -0.25) is 4.79 Å². The summed E-state index contributed by atoms with van der Waals surface area (Å²) in [5.74, 6) is 0.408. The minimum atomic E-state index is -3.67. The van der Waals surface area contributed by atoms with Gasteiger partial charge in [-0.1, -0.05) is 6.07 Å². The van der Waals surface area contributed by atoms with E-state index in [9.17, 15) is 17.6 Å². The van der Waals surface area contributed by atoms with Crippen LogP contribution in [0.1, 0.15) is 31.4 Å². The van der Waals surface area contributed by atoms with Gasteiger partial charge in [0, 0.05) is 19.5 Å². The highest BCUT2D eigenvalue weighted by molar-refractivity contribution is 7.89. The average Bonchev–Trinajstić information content (AvgIpc) is 3.19. The molecule has 0 saturated carbocycles. The number of halogens is 1. The summed E-state index contributed by atoms with van der Waals surface area (Å²) in [6.45, 7) is 1.14. The minimum Gasteiger partial charge on any atom is -0.467 e. The highest BCUT2D eigenvalue weighted by Gasteiger charge is 2.29. The highest BCUT2D eigenvalue weighted by Crippen LogP contribution is 2.26. The Kier molecular flexibility index (Phi) is 6.28. The number of nitrogens with one attached hydrogen (secondary N) is 1. The molecule has 1 aliphatic heterocycles. The van der Waals surface area contributed by atoms with E-state index < -0.39 is 15.8 Å². The first-order chi connectivity index (χ1) is 12.9. The molecule has 1 N–H and O–H groups in total. The molecule has 3 rings (SSSR count). The monoisotopic (exact) mass is 394 g/mol. The summed E-state index contributed by atoms with van der Waals surface area (Å²) >= 11 is 0. The quantitative estimate of drug-likeness (QED) is 0.783. The molecule has 146 valence electrons. The molecule has 2 aromatic rings. The van der Waals surface area contributed by atoms with Crippen LogP contribution in [0, 0.1) is 11.7 Å². The van der Waals surface area contributed by atoms with Crippen molar-refractivity contribution in [2.75, 3.05) is 13.1 Å². The average molecular weight is 394 g/mol. The van der Waals surface area contributed by atoms with Gasteiger partial charge in [0.05, 0.1) is 17.7 Å². The maximum absolute atomic E-state index is 13.3. The smallest absolute Gasteiger partial charge is 0.243 e. The van der Waals surface area contributed by atoms with Crippen molar-refractivity contribution in [1.29, 1.82) is 0 Å². The third kappa shape index (κ3) is 5.17. The standard InChI is InChI=1S/C19H23FN2O4S/c20-16-3-1-5-18(13-16)27(24,25)22-10-8-15(9-11-22)6-7-19(23)21-14-17-4-2-12-26-17/h1-5,12-13,15H,6-11,14H2,(H,21,23). The molecule has 0 atom stereocenters. The molecule has 27 heavy (non-hydrogen) atoms. The van der Waals surface area contributed by atoms with Crippen molar-refractivity contribution in [3.63, 3.8) is 0 Å². The number of nitrogens with zero attached hydrogens (tertiary/aromatic N) is 1. The molecule has 2 heterocycles. The Labute approximate surface area is 158 Å². The molecule has 1 amide bonds. The van der Waals surface area contributed by atoms with E-state index in [1.807, 2.05) is 0 Å². The Bertz CT molecular complexity index is 860. The lowest BCUT2D eigenvalue weighted by molar-refractivity contribution is -0.121. The molecule has 0 radical (unpaired) electrons. The van der Waals surface area contributed by atoms with Gasteiger partial charge < -0.3 is 9.73 Å². The van der Waals surface area contributed by atoms with Gasteiger partial charge in [-0.2, -0.15) is 4.31 Å². The van der Waals surface area contributed by atoms with E-state index in [2.05, 4.69) is 5.32 Å². The summed E-state index contributed by atoms with van der Waals surface area (Å²) in [5.41, 5.74) is 0. The zero-order chi connectivity index (χ0) is 19.3. The van der Waals surface area contributed by atoms with Gasteiger partial charge >= 0.3 is 0 Å². The number of amides is 1. The number of benzene rings is 1. The molecule has 1 saturated heterocycles. The topological polar surface area (TPSA) is 79.6 Å². The summed E-state index contributed by atoms with van der Waals surface area (Å²) in [6, 6.07) is 8.65. The first-order valence-corrected chi connectivity index (χ1v) is 10.4.